The molecule has 1 atom stereocenters. The third kappa shape index (κ3) is 3.44. The zero-order chi connectivity index (χ0) is 12.2. The van der Waals surface area contributed by atoms with E-state index in [1.807, 2.05) is 0 Å². The molecule has 1 saturated heterocycles. The van der Waals surface area contributed by atoms with E-state index in [0.29, 0.717) is 5.54 Å². The first-order valence-corrected chi connectivity index (χ1v) is 6.58. The van der Waals surface area contributed by atoms with Crippen LogP contribution in [0.25, 0.3) is 0 Å². The first-order chi connectivity index (χ1) is 7.48. The normalized spacial score (nSPS) is 26.2. The zero-order valence-corrected chi connectivity index (χ0v) is 11.5. The van der Waals surface area contributed by atoms with Crippen molar-refractivity contribution in [1.82, 2.24) is 9.80 Å². The monoisotopic (exact) mass is 227 g/mol. The number of likely N-dealkylation sites (N-methyl/N-ethyl adjacent to an activating group) is 1. The van der Waals surface area contributed by atoms with Crippen molar-refractivity contribution >= 4 is 0 Å². The van der Waals surface area contributed by atoms with Crippen molar-refractivity contribution in [2.75, 3.05) is 40.3 Å². The number of nitrogens with zero attached hydrogens (tertiary/aromatic N) is 2. The second-order valence-electron chi connectivity index (χ2n) is 5.86. The van der Waals surface area contributed by atoms with E-state index in [-0.39, 0.29) is 0 Å². The van der Waals surface area contributed by atoms with Crippen LogP contribution < -0.4 is 5.73 Å². The van der Waals surface area contributed by atoms with E-state index in [0.717, 1.165) is 19.0 Å². The van der Waals surface area contributed by atoms with E-state index < -0.39 is 0 Å². The zero-order valence-electron chi connectivity index (χ0n) is 11.5. The molecule has 0 radical (unpaired) electrons. The Balaban J connectivity index is 2.55. The van der Waals surface area contributed by atoms with Gasteiger partial charge in [-0.2, -0.15) is 0 Å². The predicted molar refractivity (Wildman–Crippen MR) is 70.6 cm³/mol. The van der Waals surface area contributed by atoms with Crippen molar-refractivity contribution in [3.05, 3.63) is 0 Å². The average molecular weight is 227 g/mol. The molecule has 0 aromatic rings. The van der Waals surface area contributed by atoms with E-state index in [9.17, 15) is 0 Å². The summed E-state index contributed by atoms with van der Waals surface area (Å²) >= 11 is 0. The summed E-state index contributed by atoms with van der Waals surface area (Å²) in [5.41, 5.74) is 6.05. The van der Waals surface area contributed by atoms with Crippen molar-refractivity contribution in [3.8, 4) is 0 Å². The fourth-order valence-electron chi connectivity index (χ4n) is 2.85. The summed E-state index contributed by atoms with van der Waals surface area (Å²) < 4.78 is 0. The Bertz CT molecular complexity index is 199. The highest BCUT2D eigenvalue weighted by Crippen LogP contribution is 2.34. The Labute approximate surface area is 101 Å². The van der Waals surface area contributed by atoms with Gasteiger partial charge < -0.3 is 10.6 Å². The smallest absolute Gasteiger partial charge is 0.0182 e. The van der Waals surface area contributed by atoms with Gasteiger partial charge in [0.15, 0.2) is 0 Å². The minimum absolute atomic E-state index is 0.327. The molecule has 1 aliphatic rings. The lowest BCUT2D eigenvalue weighted by molar-refractivity contribution is 0.0152. The van der Waals surface area contributed by atoms with Crippen LogP contribution >= 0.6 is 0 Å². The Morgan fingerprint density at radius 1 is 1.38 bits per heavy atom. The van der Waals surface area contributed by atoms with Crippen LogP contribution in [0.1, 0.15) is 33.1 Å². The van der Waals surface area contributed by atoms with Gasteiger partial charge in [0, 0.05) is 18.6 Å². The van der Waals surface area contributed by atoms with Crippen molar-refractivity contribution < 1.29 is 0 Å². The number of hydrogen-bond donors (Lipinski definition) is 1. The molecule has 0 saturated carbocycles. The lowest BCUT2D eigenvalue weighted by Gasteiger charge is -2.48. The minimum atomic E-state index is 0.327. The van der Waals surface area contributed by atoms with E-state index in [1.54, 1.807) is 0 Å². The fourth-order valence-corrected chi connectivity index (χ4v) is 2.85. The lowest BCUT2D eigenvalue weighted by Crippen LogP contribution is -2.55. The van der Waals surface area contributed by atoms with Gasteiger partial charge in [-0.25, -0.2) is 0 Å². The third-order valence-electron chi connectivity index (χ3n) is 4.13. The second kappa shape index (κ2) is 5.99. The van der Waals surface area contributed by atoms with E-state index in [2.05, 4.69) is 37.7 Å². The molecular weight excluding hydrogens is 198 g/mol. The Kier molecular flexibility index (Phi) is 5.22. The summed E-state index contributed by atoms with van der Waals surface area (Å²) in [6.07, 6.45) is 3.86. The van der Waals surface area contributed by atoms with Crippen LogP contribution in [0.2, 0.25) is 0 Å². The van der Waals surface area contributed by atoms with Gasteiger partial charge in [-0.1, -0.05) is 0 Å². The fraction of sp³-hybridized carbons (Fsp3) is 1.00. The highest BCUT2D eigenvalue weighted by Gasteiger charge is 2.37. The van der Waals surface area contributed by atoms with E-state index in [4.69, 9.17) is 5.73 Å². The summed E-state index contributed by atoms with van der Waals surface area (Å²) in [6.45, 7) is 9.20. The molecule has 0 aromatic heterocycles. The maximum Gasteiger partial charge on any atom is 0.0182 e. The molecule has 1 aliphatic heterocycles. The molecule has 3 nitrogen and oxygen atoms in total. The van der Waals surface area contributed by atoms with Crippen molar-refractivity contribution in [3.63, 3.8) is 0 Å². The summed E-state index contributed by atoms with van der Waals surface area (Å²) in [6, 6.07) is 0. The number of nitrogens with two attached hydrogens (primary N) is 1. The molecule has 1 heterocycles. The van der Waals surface area contributed by atoms with Crippen LogP contribution in [-0.4, -0.2) is 55.6 Å². The van der Waals surface area contributed by atoms with Gasteiger partial charge in [-0.15, -0.1) is 0 Å². The minimum Gasteiger partial charge on any atom is -0.330 e. The predicted octanol–water partition coefficient (Wildman–Crippen LogP) is 1.39. The number of hydrogen-bond acceptors (Lipinski definition) is 3. The van der Waals surface area contributed by atoms with Gasteiger partial charge in [-0.05, 0) is 66.2 Å². The van der Waals surface area contributed by atoms with Crippen LogP contribution in [0.5, 0.6) is 0 Å². The molecule has 3 heteroatoms. The Morgan fingerprint density at radius 2 is 2.06 bits per heavy atom. The van der Waals surface area contributed by atoms with Gasteiger partial charge in [0.25, 0.3) is 0 Å². The molecule has 1 rings (SSSR count). The number of piperidine rings is 1. The van der Waals surface area contributed by atoms with Crippen molar-refractivity contribution in [2.24, 2.45) is 11.7 Å². The highest BCUT2D eigenvalue weighted by molar-refractivity contribution is 4.92. The average Bonchev–Trinajstić information content (AvgIpc) is 2.19. The van der Waals surface area contributed by atoms with Crippen LogP contribution in [0.4, 0.5) is 0 Å². The topological polar surface area (TPSA) is 32.5 Å². The second-order valence-corrected chi connectivity index (χ2v) is 5.86. The standard InChI is InChI=1S/C13H29N3/c1-13(2)12(7-8-14)6-5-9-16(13)11-10-15(3)4/h12H,5-11,14H2,1-4H3. The molecule has 0 aliphatic carbocycles. The van der Waals surface area contributed by atoms with Gasteiger partial charge in [-0.3, -0.25) is 4.90 Å². The quantitative estimate of drug-likeness (QED) is 0.770. The largest absolute Gasteiger partial charge is 0.330 e. The van der Waals surface area contributed by atoms with Crippen LogP contribution in [0.15, 0.2) is 0 Å². The first-order valence-electron chi connectivity index (χ1n) is 6.58. The van der Waals surface area contributed by atoms with Crippen LogP contribution in [0.3, 0.4) is 0 Å². The summed E-state index contributed by atoms with van der Waals surface area (Å²) in [4.78, 5) is 4.92. The Hall–Kier alpha value is -0.120. The molecule has 1 fully saturated rings. The molecule has 0 aromatic carbocycles. The van der Waals surface area contributed by atoms with Gasteiger partial charge in [0.05, 0.1) is 0 Å². The van der Waals surface area contributed by atoms with E-state index >= 15 is 0 Å². The summed E-state index contributed by atoms with van der Waals surface area (Å²) in [5.74, 6) is 0.772. The molecule has 16 heavy (non-hydrogen) atoms. The highest BCUT2D eigenvalue weighted by atomic mass is 15.2. The first kappa shape index (κ1) is 13.9. The number of likely N-dealkylation sites (tertiary alicyclic amines) is 1. The molecule has 1 unspecified atom stereocenters. The Morgan fingerprint density at radius 3 is 2.62 bits per heavy atom. The number of rotatable bonds is 5. The molecule has 0 amide bonds. The van der Waals surface area contributed by atoms with Gasteiger partial charge in [0.2, 0.25) is 0 Å². The molecular formula is C13H29N3. The van der Waals surface area contributed by atoms with Crippen molar-refractivity contribution in [1.29, 1.82) is 0 Å². The SMILES string of the molecule is CN(C)CCN1CCCC(CCN)C1(C)C. The summed E-state index contributed by atoms with van der Waals surface area (Å²) in [5, 5.41) is 0. The maximum absolute atomic E-state index is 5.72. The molecule has 96 valence electrons. The van der Waals surface area contributed by atoms with Gasteiger partial charge in [0.1, 0.15) is 0 Å². The molecule has 0 spiro atoms. The lowest BCUT2D eigenvalue weighted by atomic mass is 9.77. The maximum atomic E-state index is 5.72. The third-order valence-corrected chi connectivity index (χ3v) is 4.13. The summed E-state index contributed by atoms with van der Waals surface area (Å²) in [7, 11) is 4.29. The van der Waals surface area contributed by atoms with Crippen LogP contribution in [0, 0.1) is 5.92 Å². The van der Waals surface area contributed by atoms with Crippen LogP contribution in [-0.2, 0) is 0 Å². The molecule has 0 bridgehead atoms. The van der Waals surface area contributed by atoms with E-state index in [1.165, 1.54) is 32.4 Å². The molecule has 2 N–H and O–H groups in total. The van der Waals surface area contributed by atoms with Gasteiger partial charge >= 0.3 is 0 Å². The van der Waals surface area contributed by atoms with Crippen molar-refractivity contribution in [2.45, 2.75) is 38.6 Å².